The molecule has 0 saturated carbocycles. The van der Waals surface area contributed by atoms with E-state index in [1.165, 1.54) is 0 Å². The normalized spacial score (nSPS) is 11.5. The molecular formula is C18H27N3O5. The summed E-state index contributed by atoms with van der Waals surface area (Å²) in [5, 5.41) is 16.2. The molecule has 0 spiro atoms. The number of amides is 3. The molecule has 26 heavy (non-hydrogen) atoms. The summed E-state index contributed by atoms with van der Waals surface area (Å²) in [4.78, 5) is 35.6. The quantitative estimate of drug-likeness (QED) is 0.483. The van der Waals surface area contributed by atoms with E-state index in [4.69, 9.17) is 9.84 Å². The van der Waals surface area contributed by atoms with E-state index in [0.29, 0.717) is 6.42 Å². The van der Waals surface area contributed by atoms with Crippen molar-refractivity contribution in [3.63, 3.8) is 0 Å². The van der Waals surface area contributed by atoms with Crippen LogP contribution in [-0.4, -0.2) is 48.8 Å². The molecule has 1 aromatic rings. The van der Waals surface area contributed by atoms with Gasteiger partial charge in [-0.1, -0.05) is 44.2 Å². The minimum atomic E-state index is -0.726. The Morgan fingerprint density at radius 1 is 1.12 bits per heavy atom. The van der Waals surface area contributed by atoms with Gasteiger partial charge in [0.2, 0.25) is 11.8 Å². The number of alkyl carbamates (subject to hydrolysis) is 1. The van der Waals surface area contributed by atoms with E-state index in [0.717, 1.165) is 5.56 Å². The van der Waals surface area contributed by atoms with Crippen LogP contribution < -0.4 is 16.0 Å². The predicted octanol–water partition coefficient (Wildman–Crippen LogP) is 0.552. The molecule has 0 aliphatic heterocycles. The summed E-state index contributed by atoms with van der Waals surface area (Å²) in [7, 11) is 0. The van der Waals surface area contributed by atoms with Crippen molar-refractivity contribution in [2.45, 2.75) is 32.9 Å². The van der Waals surface area contributed by atoms with Crippen LogP contribution >= 0.6 is 0 Å². The minimum absolute atomic E-state index is 0.105. The number of carbonyl (C=O) groups excluding carboxylic acids is 3. The Morgan fingerprint density at radius 3 is 2.42 bits per heavy atom. The maximum absolute atomic E-state index is 12.0. The first-order valence-corrected chi connectivity index (χ1v) is 8.54. The zero-order chi connectivity index (χ0) is 19.4. The number of aliphatic hydroxyl groups is 1. The van der Waals surface area contributed by atoms with Crippen molar-refractivity contribution in [1.29, 1.82) is 0 Å². The highest BCUT2D eigenvalue weighted by Crippen LogP contribution is 2.05. The number of rotatable bonds is 10. The van der Waals surface area contributed by atoms with Gasteiger partial charge in [0.05, 0.1) is 6.61 Å². The van der Waals surface area contributed by atoms with E-state index in [-0.39, 0.29) is 38.1 Å². The molecule has 0 bridgehead atoms. The van der Waals surface area contributed by atoms with Gasteiger partial charge in [0, 0.05) is 6.54 Å². The maximum Gasteiger partial charge on any atom is 0.407 e. The molecule has 0 unspecified atom stereocenters. The van der Waals surface area contributed by atoms with Crippen LogP contribution in [0.15, 0.2) is 30.3 Å². The second-order valence-electron chi connectivity index (χ2n) is 6.18. The smallest absolute Gasteiger partial charge is 0.407 e. The molecule has 0 aliphatic carbocycles. The molecule has 144 valence electrons. The lowest BCUT2D eigenvalue weighted by atomic mass is 10.0. The zero-order valence-electron chi connectivity index (χ0n) is 15.2. The van der Waals surface area contributed by atoms with Crippen molar-refractivity contribution in [2.75, 3.05) is 19.7 Å². The van der Waals surface area contributed by atoms with Gasteiger partial charge in [-0.2, -0.15) is 0 Å². The van der Waals surface area contributed by atoms with Gasteiger partial charge in [-0.05, 0) is 17.9 Å². The fourth-order valence-electron chi connectivity index (χ4n) is 2.18. The summed E-state index contributed by atoms with van der Waals surface area (Å²) in [6, 6.07) is 8.44. The molecule has 8 nitrogen and oxygen atoms in total. The molecule has 0 aliphatic rings. The monoisotopic (exact) mass is 365 g/mol. The van der Waals surface area contributed by atoms with E-state index >= 15 is 0 Å². The summed E-state index contributed by atoms with van der Waals surface area (Å²) >= 11 is 0. The molecule has 1 rings (SSSR count). The minimum Gasteiger partial charge on any atom is -0.445 e. The highest BCUT2D eigenvalue weighted by molar-refractivity contribution is 5.89. The zero-order valence-corrected chi connectivity index (χ0v) is 15.2. The number of hydrogen-bond donors (Lipinski definition) is 4. The molecule has 0 fully saturated rings. The van der Waals surface area contributed by atoms with Crippen molar-refractivity contribution in [1.82, 2.24) is 16.0 Å². The van der Waals surface area contributed by atoms with Gasteiger partial charge in [-0.25, -0.2) is 4.79 Å². The van der Waals surface area contributed by atoms with E-state index in [2.05, 4.69) is 16.0 Å². The first-order valence-electron chi connectivity index (χ1n) is 8.54. The molecule has 4 N–H and O–H groups in total. The Morgan fingerprint density at radius 2 is 1.81 bits per heavy atom. The third-order valence-electron chi connectivity index (χ3n) is 3.38. The standard InChI is InChI=1S/C18H27N3O5/c1-13(2)10-15(17(24)19-8-9-22)21-16(23)11-20-18(25)26-12-14-6-4-3-5-7-14/h3-7,13,15,22H,8-12H2,1-2H3,(H,19,24)(H,20,25)(H,21,23)/t15-/m0/s1. The topological polar surface area (TPSA) is 117 Å². The molecule has 3 amide bonds. The molecule has 0 saturated heterocycles. The highest BCUT2D eigenvalue weighted by atomic mass is 16.5. The fraction of sp³-hybridized carbons (Fsp3) is 0.500. The SMILES string of the molecule is CC(C)C[C@H](NC(=O)CNC(=O)OCc1ccccc1)C(=O)NCCO. The first-order chi connectivity index (χ1) is 12.4. The Hall–Kier alpha value is -2.61. The van der Waals surface area contributed by atoms with Crippen LogP contribution in [0, 0.1) is 5.92 Å². The number of ether oxygens (including phenoxy) is 1. The third kappa shape index (κ3) is 9.03. The van der Waals surface area contributed by atoms with Crippen LogP contribution in [-0.2, 0) is 20.9 Å². The van der Waals surface area contributed by atoms with Gasteiger partial charge in [-0.15, -0.1) is 0 Å². The lowest BCUT2D eigenvalue weighted by Crippen LogP contribution is -2.50. The van der Waals surface area contributed by atoms with Gasteiger partial charge < -0.3 is 25.8 Å². The van der Waals surface area contributed by atoms with Gasteiger partial charge in [0.1, 0.15) is 19.2 Å². The van der Waals surface area contributed by atoms with E-state index < -0.39 is 18.0 Å². The maximum atomic E-state index is 12.0. The van der Waals surface area contributed by atoms with Gasteiger partial charge in [0.25, 0.3) is 0 Å². The number of nitrogens with one attached hydrogen (secondary N) is 3. The van der Waals surface area contributed by atoms with E-state index in [1.807, 2.05) is 44.2 Å². The number of carbonyl (C=O) groups is 3. The summed E-state index contributed by atoms with van der Waals surface area (Å²) in [5.41, 5.74) is 0.838. The average Bonchev–Trinajstić information content (AvgIpc) is 2.62. The summed E-state index contributed by atoms with van der Waals surface area (Å²) in [5.74, 6) is -0.678. The second kappa shape index (κ2) is 11.9. The van der Waals surface area contributed by atoms with Crippen LogP contribution in [0.25, 0.3) is 0 Å². The number of benzene rings is 1. The van der Waals surface area contributed by atoms with Crippen molar-refractivity contribution in [3.8, 4) is 0 Å². The van der Waals surface area contributed by atoms with Crippen molar-refractivity contribution in [2.24, 2.45) is 5.92 Å². The van der Waals surface area contributed by atoms with Crippen LogP contribution in [0.1, 0.15) is 25.8 Å². The summed E-state index contributed by atoms with van der Waals surface area (Å²) < 4.78 is 5.01. The Bertz CT molecular complexity index is 577. The molecule has 0 radical (unpaired) electrons. The van der Waals surface area contributed by atoms with E-state index in [1.54, 1.807) is 0 Å². The molecule has 1 aromatic carbocycles. The fourth-order valence-corrected chi connectivity index (χ4v) is 2.18. The van der Waals surface area contributed by atoms with Crippen LogP contribution in [0.4, 0.5) is 4.79 Å². The van der Waals surface area contributed by atoms with Gasteiger partial charge in [-0.3, -0.25) is 9.59 Å². The third-order valence-corrected chi connectivity index (χ3v) is 3.38. The lowest BCUT2D eigenvalue weighted by molar-refractivity contribution is -0.129. The second-order valence-corrected chi connectivity index (χ2v) is 6.18. The van der Waals surface area contributed by atoms with Crippen LogP contribution in [0.5, 0.6) is 0 Å². The van der Waals surface area contributed by atoms with Crippen molar-refractivity contribution in [3.05, 3.63) is 35.9 Å². The summed E-state index contributed by atoms with van der Waals surface area (Å²) in [6.07, 6.45) is -0.268. The van der Waals surface area contributed by atoms with Crippen LogP contribution in [0.3, 0.4) is 0 Å². The number of hydrogen-bond acceptors (Lipinski definition) is 5. The van der Waals surface area contributed by atoms with Gasteiger partial charge >= 0.3 is 6.09 Å². The average molecular weight is 365 g/mol. The van der Waals surface area contributed by atoms with Crippen molar-refractivity contribution >= 4 is 17.9 Å². The van der Waals surface area contributed by atoms with Crippen molar-refractivity contribution < 1.29 is 24.2 Å². The summed E-state index contributed by atoms with van der Waals surface area (Å²) in [6.45, 7) is 3.61. The lowest BCUT2D eigenvalue weighted by Gasteiger charge is -2.20. The van der Waals surface area contributed by atoms with Crippen LogP contribution in [0.2, 0.25) is 0 Å². The molecular weight excluding hydrogens is 338 g/mol. The van der Waals surface area contributed by atoms with E-state index in [9.17, 15) is 14.4 Å². The Labute approximate surface area is 153 Å². The molecule has 1 atom stereocenters. The molecule has 0 heterocycles. The highest BCUT2D eigenvalue weighted by Gasteiger charge is 2.21. The Kier molecular flexibility index (Phi) is 9.78. The molecule has 8 heteroatoms. The first kappa shape index (κ1) is 21.4. The van der Waals surface area contributed by atoms with Gasteiger partial charge in [0.15, 0.2) is 0 Å². The largest absolute Gasteiger partial charge is 0.445 e. The predicted molar refractivity (Wildman–Crippen MR) is 96.1 cm³/mol. The number of aliphatic hydroxyl groups excluding tert-OH is 1. The molecule has 0 aromatic heterocycles. The Balaban J connectivity index is 2.38.